The van der Waals surface area contributed by atoms with Gasteiger partial charge in [0.25, 0.3) is 0 Å². The summed E-state index contributed by atoms with van der Waals surface area (Å²) in [5, 5.41) is 12.3. The number of ether oxygens (including phenoxy) is 1. The van der Waals surface area contributed by atoms with Crippen LogP contribution in [0.5, 0.6) is 5.75 Å². The molecule has 2 aromatic carbocycles. The first-order chi connectivity index (χ1) is 14.7. The van der Waals surface area contributed by atoms with Gasteiger partial charge in [-0.25, -0.2) is 9.59 Å². The zero-order chi connectivity index (χ0) is 22.6. The third kappa shape index (κ3) is 5.78. The number of benzene rings is 2. The van der Waals surface area contributed by atoms with Crippen molar-refractivity contribution in [3.63, 3.8) is 0 Å². The van der Waals surface area contributed by atoms with Gasteiger partial charge < -0.3 is 20.1 Å². The molecule has 6 nitrogen and oxygen atoms in total. The molecule has 6 heteroatoms. The second-order valence-electron chi connectivity index (χ2n) is 8.98. The van der Waals surface area contributed by atoms with Gasteiger partial charge in [0.2, 0.25) is 0 Å². The van der Waals surface area contributed by atoms with Crippen molar-refractivity contribution >= 4 is 17.7 Å². The van der Waals surface area contributed by atoms with E-state index in [0.29, 0.717) is 24.8 Å². The summed E-state index contributed by atoms with van der Waals surface area (Å²) in [5.41, 5.74) is 1.78. The number of amides is 2. The van der Waals surface area contributed by atoms with Gasteiger partial charge in [-0.2, -0.15) is 0 Å². The summed E-state index contributed by atoms with van der Waals surface area (Å²) in [6.45, 7) is 8.68. The van der Waals surface area contributed by atoms with Crippen molar-refractivity contribution < 1.29 is 19.4 Å². The monoisotopic (exact) mass is 424 g/mol. The Morgan fingerprint density at radius 1 is 1.16 bits per heavy atom. The summed E-state index contributed by atoms with van der Waals surface area (Å²) in [4.78, 5) is 26.0. The average Bonchev–Trinajstić information content (AvgIpc) is 2.74. The minimum Gasteiger partial charge on any atom is -0.478 e. The minimum atomic E-state index is -1.30. The molecule has 0 aromatic heterocycles. The van der Waals surface area contributed by atoms with E-state index in [1.807, 2.05) is 47.4 Å². The summed E-state index contributed by atoms with van der Waals surface area (Å²) in [6.07, 6.45) is 1.88. The second-order valence-corrected chi connectivity index (χ2v) is 8.98. The minimum absolute atomic E-state index is 0.0959. The molecule has 1 heterocycles. The maximum absolute atomic E-state index is 12.8. The molecule has 1 aliphatic heterocycles. The number of carbonyl (C=O) groups is 2. The third-order valence-electron chi connectivity index (χ3n) is 5.75. The van der Waals surface area contributed by atoms with Gasteiger partial charge in [0.1, 0.15) is 5.75 Å². The molecule has 1 saturated heterocycles. The lowest BCUT2D eigenvalue weighted by Gasteiger charge is -2.33. The van der Waals surface area contributed by atoms with Crippen LogP contribution in [0.15, 0.2) is 48.5 Å². The van der Waals surface area contributed by atoms with E-state index < -0.39 is 11.6 Å². The number of likely N-dealkylation sites (tertiary alicyclic amines) is 1. The first-order valence-corrected chi connectivity index (χ1v) is 10.8. The molecule has 0 bridgehead atoms. The standard InChI is InChI=1S/C25H32N2O4/c1-17(2)18-10-12-21(13-11-18)26-24(30)27-14-6-8-20(16-27)19-7-5-9-22(15-19)31-25(3,4)23(28)29/h5,7,9-13,15,17,20H,6,8,14,16H2,1-4H3,(H,26,30)(H,28,29). The molecular weight excluding hydrogens is 392 g/mol. The SMILES string of the molecule is CC(C)c1ccc(NC(=O)N2CCCC(c3cccc(OC(C)(C)C(=O)O)c3)C2)cc1. The number of carboxylic acid groups (broad SMARTS) is 1. The van der Waals surface area contributed by atoms with E-state index in [9.17, 15) is 14.7 Å². The number of carbonyl (C=O) groups excluding carboxylic acids is 1. The van der Waals surface area contributed by atoms with Crippen LogP contribution in [-0.4, -0.2) is 40.7 Å². The number of piperidine rings is 1. The summed E-state index contributed by atoms with van der Waals surface area (Å²) < 4.78 is 5.68. The number of carboxylic acids is 1. The van der Waals surface area contributed by atoms with Crippen LogP contribution >= 0.6 is 0 Å². The molecule has 0 saturated carbocycles. The van der Waals surface area contributed by atoms with Crippen molar-refractivity contribution in [2.24, 2.45) is 0 Å². The highest BCUT2D eigenvalue weighted by atomic mass is 16.5. The van der Waals surface area contributed by atoms with Gasteiger partial charge in [0, 0.05) is 24.7 Å². The fourth-order valence-corrected chi connectivity index (χ4v) is 3.76. The Morgan fingerprint density at radius 3 is 2.52 bits per heavy atom. The van der Waals surface area contributed by atoms with Crippen LogP contribution in [0.25, 0.3) is 0 Å². The van der Waals surface area contributed by atoms with E-state index in [2.05, 4.69) is 19.2 Å². The third-order valence-corrected chi connectivity index (χ3v) is 5.75. The molecule has 0 radical (unpaired) electrons. The highest BCUT2D eigenvalue weighted by Crippen LogP contribution is 2.30. The summed E-state index contributed by atoms with van der Waals surface area (Å²) >= 11 is 0. The van der Waals surface area contributed by atoms with Crippen LogP contribution in [0.1, 0.15) is 63.5 Å². The fourth-order valence-electron chi connectivity index (χ4n) is 3.76. The maximum atomic E-state index is 12.8. The van der Waals surface area contributed by atoms with E-state index in [1.54, 1.807) is 6.07 Å². The molecule has 31 heavy (non-hydrogen) atoms. The predicted octanol–water partition coefficient (Wildman–Crippen LogP) is 5.46. The molecule has 0 aliphatic carbocycles. The average molecular weight is 425 g/mol. The number of aliphatic carboxylic acids is 1. The van der Waals surface area contributed by atoms with Crippen LogP contribution in [0.3, 0.4) is 0 Å². The normalized spacial score (nSPS) is 16.8. The molecular formula is C25H32N2O4. The number of hydrogen-bond donors (Lipinski definition) is 2. The Morgan fingerprint density at radius 2 is 1.87 bits per heavy atom. The zero-order valence-corrected chi connectivity index (χ0v) is 18.7. The van der Waals surface area contributed by atoms with Crippen LogP contribution in [0, 0.1) is 0 Å². The quantitative estimate of drug-likeness (QED) is 0.645. The van der Waals surface area contributed by atoms with Gasteiger partial charge in [-0.15, -0.1) is 0 Å². The second kappa shape index (κ2) is 9.41. The van der Waals surface area contributed by atoms with Crippen molar-refractivity contribution in [3.8, 4) is 5.75 Å². The van der Waals surface area contributed by atoms with Gasteiger partial charge in [0.15, 0.2) is 5.60 Å². The van der Waals surface area contributed by atoms with Gasteiger partial charge in [-0.1, -0.05) is 38.1 Å². The highest BCUT2D eigenvalue weighted by Gasteiger charge is 2.30. The van der Waals surface area contributed by atoms with Crippen molar-refractivity contribution in [2.45, 2.75) is 58.0 Å². The van der Waals surface area contributed by atoms with Crippen LogP contribution < -0.4 is 10.1 Å². The summed E-state index contributed by atoms with van der Waals surface area (Å²) in [5.74, 6) is 0.143. The molecule has 1 unspecified atom stereocenters. The number of urea groups is 1. The van der Waals surface area contributed by atoms with Crippen molar-refractivity contribution in [1.82, 2.24) is 4.90 Å². The molecule has 0 spiro atoms. The van der Waals surface area contributed by atoms with Crippen LogP contribution in [0.2, 0.25) is 0 Å². The van der Waals surface area contributed by atoms with Gasteiger partial charge >= 0.3 is 12.0 Å². The molecule has 2 aromatic rings. The van der Waals surface area contributed by atoms with E-state index in [4.69, 9.17) is 4.74 Å². The van der Waals surface area contributed by atoms with Gasteiger partial charge in [0.05, 0.1) is 0 Å². The fraction of sp³-hybridized carbons (Fsp3) is 0.440. The van der Waals surface area contributed by atoms with E-state index >= 15 is 0 Å². The number of nitrogens with one attached hydrogen (secondary N) is 1. The van der Waals surface area contributed by atoms with Crippen LogP contribution in [-0.2, 0) is 4.79 Å². The predicted molar refractivity (Wildman–Crippen MR) is 122 cm³/mol. The Labute approximate surface area is 184 Å². The van der Waals surface area contributed by atoms with Gasteiger partial charge in [-0.05, 0) is 68.0 Å². The lowest BCUT2D eigenvalue weighted by molar-refractivity contribution is -0.152. The molecule has 3 rings (SSSR count). The smallest absolute Gasteiger partial charge is 0.347 e. The Kier molecular flexibility index (Phi) is 6.88. The van der Waals surface area contributed by atoms with Crippen molar-refractivity contribution in [2.75, 3.05) is 18.4 Å². The molecule has 1 aliphatic rings. The van der Waals surface area contributed by atoms with E-state index in [-0.39, 0.29) is 11.9 Å². The van der Waals surface area contributed by atoms with Crippen LogP contribution in [0.4, 0.5) is 10.5 Å². The molecule has 166 valence electrons. The topological polar surface area (TPSA) is 78.9 Å². The highest BCUT2D eigenvalue weighted by molar-refractivity contribution is 5.89. The Balaban J connectivity index is 1.65. The van der Waals surface area contributed by atoms with Gasteiger partial charge in [-0.3, -0.25) is 0 Å². The molecule has 2 amide bonds. The van der Waals surface area contributed by atoms with Crippen molar-refractivity contribution in [1.29, 1.82) is 0 Å². The van der Waals surface area contributed by atoms with Crippen molar-refractivity contribution in [3.05, 3.63) is 59.7 Å². The zero-order valence-electron chi connectivity index (χ0n) is 18.7. The van der Waals surface area contributed by atoms with E-state index in [0.717, 1.165) is 24.1 Å². The summed E-state index contributed by atoms with van der Waals surface area (Å²) in [7, 11) is 0. The molecule has 1 atom stereocenters. The first-order valence-electron chi connectivity index (χ1n) is 10.8. The number of anilines is 1. The first kappa shape index (κ1) is 22.7. The lowest BCUT2D eigenvalue weighted by Crippen LogP contribution is -2.41. The lowest BCUT2D eigenvalue weighted by atomic mass is 9.90. The Hall–Kier alpha value is -3.02. The number of rotatable bonds is 6. The number of nitrogens with zero attached hydrogens (tertiary/aromatic N) is 1. The summed E-state index contributed by atoms with van der Waals surface area (Å²) in [6, 6.07) is 15.4. The van der Waals surface area contributed by atoms with E-state index in [1.165, 1.54) is 19.4 Å². The molecule has 2 N–H and O–H groups in total. The number of hydrogen-bond acceptors (Lipinski definition) is 3. The Bertz CT molecular complexity index is 921. The molecule has 1 fully saturated rings. The maximum Gasteiger partial charge on any atom is 0.347 e. The largest absolute Gasteiger partial charge is 0.478 e.